The third-order valence-corrected chi connectivity index (χ3v) is 3.01. The molecule has 1 aromatic carbocycles. The lowest BCUT2D eigenvalue weighted by molar-refractivity contribution is -0.123. The summed E-state index contributed by atoms with van der Waals surface area (Å²) in [6.07, 6.45) is 0.891. The maximum Gasteiger partial charge on any atom is 0.261 e. The number of aromatic nitrogens is 2. The summed E-state index contributed by atoms with van der Waals surface area (Å²) in [6.45, 7) is 6.59. The first-order valence-corrected chi connectivity index (χ1v) is 7.44. The van der Waals surface area contributed by atoms with Crippen molar-refractivity contribution in [2.24, 2.45) is 0 Å². The van der Waals surface area contributed by atoms with E-state index in [2.05, 4.69) is 15.5 Å². The first-order valence-electron chi connectivity index (χ1n) is 7.44. The van der Waals surface area contributed by atoms with E-state index in [1.165, 1.54) is 0 Å². The molecule has 0 saturated carbocycles. The van der Waals surface area contributed by atoms with E-state index in [9.17, 15) is 4.79 Å². The molecule has 0 radical (unpaired) electrons. The number of carbonyl (C=O) groups is 1. The average Bonchev–Trinajstić information content (AvgIpc) is 3.01. The van der Waals surface area contributed by atoms with Crippen molar-refractivity contribution in [2.75, 3.05) is 13.2 Å². The number of carbonyl (C=O) groups excluding carboxylic acids is 1. The fourth-order valence-corrected chi connectivity index (χ4v) is 1.81. The number of nitrogens with zero attached hydrogens (tertiary/aromatic N) is 2. The Balaban J connectivity index is 2.11. The van der Waals surface area contributed by atoms with Gasteiger partial charge in [-0.15, -0.1) is 0 Å². The quantitative estimate of drug-likeness (QED) is 0.851. The van der Waals surface area contributed by atoms with Gasteiger partial charge in [0.05, 0.1) is 5.56 Å². The van der Waals surface area contributed by atoms with Crippen molar-refractivity contribution in [1.29, 1.82) is 0 Å². The molecular formula is C16H21N3O3. The molecule has 6 nitrogen and oxygen atoms in total. The van der Waals surface area contributed by atoms with E-state index in [4.69, 9.17) is 9.26 Å². The van der Waals surface area contributed by atoms with Crippen LogP contribution in [-0.4, -0.2) is 29.2 Å². The Hall–Kier alpha value is -2.37. The second-order valence-electron chi connectivity index (χ2n) is 5.25. The predicted molar refractivity (Wildman–Crippen MR) is 82.6 cm³/mol. The van der Waals surface area contributed by atoms with E-state index in [1.807, 2.05) is 39.0 Å². The number of amides is 1. The van der Waals surface area contributed by atoms with E-state index in [0.29, 0.717) is 29.6 Å². The van der Waals surface area contributed by atoms with Crippen molar-refractivity contribution in [1.82, 2.24) is 15.5 Å². The van der Waals surface area contributed by atoms with Crippen molar-refractivity contribution in [2.45, 2.75) is 33.1 Å². The monoisotopic (exact) mass is 303 g/mol. The van der Waals surface area contributed by atoms with Gasteiger partial charge in [-0.3, -0.25) is 4.79 Å². The molecule has 0 fully saturated rings. The van der Waals surface area contributed by atoms with Gasteiger partial charge in [-0.25, -0.2) is 0 Å². The highest BCUT2D eigenvalue weighted by atomic mass is 16.5. The Kier molecular flexibility index (Phi) is 5.52. The maximum absolute atomic E-state index is 11.6. The van der Waals surface area contributed by atoms with Crippen molar-refractivity contribution in [3.63, 3.8) is 0 Å². The zero-order valence-corrected chi connectivity index (χ0v) is 13.1. The molecule has 1 N–H and O–H groups in total. The molecule has 1 amide bonds. The van der Waals surface area contributed by atoms with Crippen LogP contribution in [0.15, 0.2) is 28.8 Å². The summed E-state index contributed by atoms with van der Waals surface area (Å²) in [5.41, 5.74) is 0.685. The van der Waals surface area contributed by atoms with Gasteiger partial charge in [0, 0.05) is 12.5 Å². The highest BCUT2D eigenvalue weighted by Gasteiger charge is 2.15. The first-order chi connectivity index (χ1) is 10.6. The van der Waals surface area contributed by atoms with Crippen LogP contribution in [0.5, 0.6) is 5.75 Å². The Morgan fingerprint density at radius 1 is 1.36 bits per heavy atom. The third kappa shape index (κ3) is 4.07. The molecule has 2 rings (SSSR count). The lowest BCUT2D eigenvalue weighted by Gasteiger charge is -2.09. The third-order valence-electron chi connectivity index (χ3n) is 3.01. The molecule has 0 aliphatic carbocycles. The highest BCUT2D eigenvalue weighted by molar-refractivity contribution is 5.77. The van der Waals surface area contributed by atoms with Crippen molar-refractivity contribution in [3.05, 3.63) is 30.1 Å². The molecule has 0 saturated heterocycles. The van der Waals surface area contributed by atoms with Gasteiger partial charge >= 0.3 is 0 Å². The lowest BCUT2D eigenvalue weighted by atomic mass is 10.2. The summed E-state index contributed by atoms with van der Waals surface area (Å²) in [6, 6.07) is 7.31. The van der Waals surface area contributed by atoms with Crippen LogP contribution in [0.3, 0.4) is 0 Å². The van der Waals surface area contributed by atoms with Crippen LogP contribution in [0.4, 0.5) is 0 Å². The highest BCUT2D eigenvalue weighted by Crippen LogP contribution is 2.29. The minimum Gasteiger partial charge on any atom is -0.483 e. The number of hydrogen-bond donors (Lipinski definition) is 1. The normalized spacial score (nSPS) is 10.7. The molecule has 1 heterocycles. The Morgan fingerprint density at radius 3 is 2.82 bits per heavy atom. The van der Waals surface area contributed by atoms with Gasteiger partial charge in [-0.2, -0.15) is 4.98 Å². The fourth-order valence-electron chi connectivity index (χ4n) is 1.81. The van der Waals surface area contributed by atoms with Gasteiger partial charge < -0.3 is 14.6 Å². The fraction of sp³-hybridized carbons (Fsp3) is 0.438. The summed E-state index contributed by atoms with van der Waals surface area (Å²) >= 11 is 0. The van der Waals surface area contributed by atoms with Crippen LogP contribution in [-0.2, 0) is 4.79 Å². The van der Waals surface area contributed by atoms with E-state index in [1.54, 1.807) is 6.07 Å². The van der Waals surface area contributed by atoms with Gasteiger partial charge in [0.15, 0.2) is 12.4 Å². The SMILES string of the molecule is CCCNC(=O)COc1ccccc1-c1nc(C(C)C)no1. The number of nitrogens with one attached hydrogen (secondary N) is 1. The molecule has 2 aromatic rings. The van der Waals surface area contributed by atoms with Crippen molar-refractivity contribution in [3.8, 4) is 17.2 Å². The minimum atomic E-state index is -0.148. The van der Waals surface area contributed by atoms with Gasteiger partial charge in [0.2, 0.25) is 0 Å². The lowest BCUT2D eigenvalue weighted by Crippen LogP contribution is -2.29. The summed E-state index contributed by atoms with van der Waals surface area (Å²) in [5, 5.41) is 6.71. The molecule has 118 valence electrons. The van der Waals surface area contributed by atoms with Gasteiger partial charge in [-0.1, -0.05) is 38.1 Å². The molecule has 0 aliphatic heterocycles. The summed E-state index contributed by atoms with van der Waals surface area (Å²) in [5.74, 6) is 1.63. The van der Waals surface area contributed by atoms with Crippen LogP contribution in [0.25, 0.3) is 11.5 Å². The second kappa shape index (κ2) is 7.59. The number of rotatable bonds is 7. The van der Waals surface area contributed by atoms with Crippen LogP contribution in [0, 0.1) is 0 Å². The Labute approximate surface area is 129 Å². The molecular weight excluding hydrogens is 282 g/mol. The van der Waals surface area contributed by atoms with Crippen LogP contribution >= 0.6 is 0 Å². The number of benzene rings is 1. The van der Waals surface area contributed by atoms with Gasteiger partial charge in [0.25, 0.3) is 11.8 Å². The van der Waals surface area contributed by atoms with Crippen molar-refractivity contribution < 1.29 is 14.1 Å². The van der Waals surface area contributed by atoms with E-state index >= 15 is 0 Å². The summed E-state index contributed by atoms with van der Waals surface area (Å²) in [7, 11) is 0. The van der Waals surface area contributed by atoms with Crippen LogP contribution in [0.1, 0.15) is 38.9 Å². The summed E-state index contributed by atoms with van der Waals surface area (Å²) < 4.78 is 10.9. The standard InChI is InChI=1S/C16H21N3O3/c1-4-9-17-14(20)10-21-13-8-6-5-7-12(13)16-18-15(11(2)3)19-22-16/h5-8,11H,4,9-10H2,1-3H3,(H,17,20). The second-order valence-corrected chi connectivity index (χ2v) is 5.25. The Morgan fingerprint density at radius 2 is 2.14 bits per heavy atom. The first kappa shape index (κ1) is 16.0. The smallest absolute Gasteiger partial charge is 0.261 e. The van der Waals surface area contributed by atoms with Gasteiger partial charge in [0.1, 0.15) is 5.75 Å². The van der Waals surface area contributed by atoms with E-state index in [0.717, 1.165) is 6.42 Å². The minimum absolute atomic E-state index is 0.0395. The Bertz CT molecular complexity index is 623. The predicted octanol–water partition coefficient (Wildman–Crippen LogP) is 2.77. The van der Waals surface area contributed by atoms with Crippen LogP contribution in [0.2, 0.25) is 0 Å². The number of hydrogen-bond acceptors (Lipinski definition) is 5. The molecule has 0 spiro atoms. The molecule has 0 bridgehead atoms. The number of para-hydroxylation sites is 1. The largest absolute Gasteiger partial charge is 0.483 e. The molecule has 0 aliphatic rings. The molecule has 0 unspecified atom stereocenters. The molecule has 6 heteroatoms. The molecule has 1 aromatic heterocycles. The topological polar surface area (TPSA) is 77.2 Å². The molecule has 0 atom stereocenters. The van der Waals surface area contributed by atoms with Crippen molar-refractivity contribution >= 4 is 5.91 Å². The van der Waals surface area contributed by atoms with E-state index in [-0.39, 0.29) is 18.4 Å². The zero-order valence-electron chi connectivity index (χ0n) is 13.1. The van der Waals surface area contributed by atoms with Crippen LogP contribution < -0.4 is 10.1 Å². The molecule has 22 heavy (non-hydrogen) atoms. The maximum atomic E-state index is 11.6. The van der Waals surface area contributed by atoms with E-state index < -0.39 is 0 Å². The van der Waals surface area contributed by atoms with Gasteiger partial charge in [-0.05, 0) is 18.6 Å². The summed E-state index contributed by atoms with van der Waals surface area (Å²) in [4.78, 5) is 16.0. The zero-order chi connectivity index (χ0) is 15.9. The number of ether oxygens (including phenoxy) is 1. The average molecular weight is 303 g/mol.